The Morgan fingerprint density at radius 1 is 1.18 bits per heavy atom. The van der Waals surface area contributed by atoms with Crippen molar-refractivity contribution in [1.29, 1.82) is 0 Å². The van der Waals surface area contributed by atoms with Gasteiger partial charge in [0.2, 0.25) is 11.3 Å². The van der Waals surface area contributed by atoms with Crippen LogP contribution in [0.4, 0.5) is 8.78 Å². The van der Waals surface area contributed by atoms with Crippen molar-refractivity contribution in [3.63, 3.8) is 0 Å². The van der Waals surface area contributed by atoms with Gasteiger partial charge in [-0.25, -0.2) is 13.0 Å². The molecule has 1 aliphatic carbocycles. The van der Waals surface area contributed by atoms with E-state index < -0.39 is 34.7 Å². The van der Waals surface area contributed by atoms with Crippen molar-refractivity contribution in [3.8, 4) is 11.1 Å². The zero-order valence-electron chi connectivity index (χ0n) is 17.8. The van der Waals surface area contributed by atoms with Gasteiger partial charge in [0, 0.05) is 39.9 Å². The van der Waals surface area contributed by atoms with Crippen LogP contribution in [0, 0.1) is 11.6 Å². The van der Waals surface area contributed by atoms with E-state index in [1.165, 1.54) is 12.3 Å². The lowest BCUT2D eigenvalue weighted by molar-refractivity contribution is 0.158. The first-order chi connectivity index (χ1) is 16.3. The fraction of sp³-hybridized carbons (Fsp3) is 0.208. The summed E-state index contributed by atoms with van der Waals surface area (Å²) in [6.45, 7) is -0.109. The van der Waals surface area contributed by atoms with Gasteiger partial charge in [-0.05, 0) is 54.7 Å². The number of benzene rings is 2. The molecule has 4 N–H and O–H groups in total. The fourth-order valence-corrected chi connectivity index (χ4v) is 4.69. The highest BCUT2D eigenvalue weighted by Crippen LogP contribution is 2.44. The number of nitrogens with one attached hydrogen (secondary N) is 2. The smallest absolute Gasteiger partial charge is 0.255 e. The molecule has 2 aromatic heterocycles. The van der Waals surface area contributed by atoms with E-state index in [0.29, 0.717) is 22.4 Å². The Morgan fingerprint density at radius 3 is 2.65 bits per heavy atom. The summed E-state index contributed by atoms with van der Waals surface area (Å²) >= 11 is -2.57. The van der Waals surface area contributed by atoms with Crippen molar-refractivity contribution in [2.24, 2.45) is 0 Å². The second kappa shape index (κ2) is 8.88. The Hall–Kier alpha value is -3.18. The lowest BCUT2D eigenvalue weighted by atomic mass is 10.00. The summed E-state index contributed by atoms with van der Waals surface area (Å²) in [6.07, 6.45) is 1.91. The van der Waals surface area contributed by atoms with Crippen molar-refractivity contribution in [2.45, 2.75) is 31.5 Å². The lowest BCUT2D eigenvalue weighted by Crippen LogP contribution is -2.26. The number of halogens is 2. The number of nitrogens with zero attached hydrogens (tertiary/aromatic N) is 1. The highest BCUT2D eigenvalue weighted by molar-refractivity contribution is 7.77. The van der Waals surface area contributed by atoms with E-state index >= 15 is 0 Å². The van der Waals surface area contributed by atoms with Crippen LogP contribution in [0.25, 0.3) is 22.0 Å². The van der Waals surface area contributed by atoms with Crippen LogP contribution in [0.3, 0.4) is 0 Å². The Bertz CT molecular complexity index is 1480. The van der Waals surface area contributed by atoms with Crippen LogP contribution in [0.1, 0.15) is 41.8 Å². The summed E-state index contributed by atoms with van der Waals surface area (Å²) < 4.78 is 52.7. The van der Waals surface area contributed by atoms with Crippen molar-refractivity contribution in [3.05, 3.63) is 93.5 Å². The predicted molar refractivity (Wildman–Crippen MR) is 124 cm³/mol. The summed E-state index contributed by atoms with van der Waals surface area (Å²) in [5, 5.41) is 11.6. The van der Waals surface area contributed by atoms with Gasteiger partial charge in [-0.3, -0.25) is 9.35 Å². The van der Waals surface area contributed by atoms with E-state index in [9.17, 15) is 27.4 Å². The molecule has 10 heteroatoms. The molecule has 4 aromatic rings. The molecule has 7 nitrogen and oxygen atoms in total. The molecule has 0 bridgehead atoms. The number of rotatable bonds is 7. The minimum Gasteiger partial charge on any atom is -0.372 e. The third kappa shape index (κ3) is 4.21. The molecule has 176 valence electrons. The number of fused-ring (bicyclic) bond motifs is 1. The molecule has 2 heterocycles. The molecule has 0 spiro atoms. The summed E-state index contributed by atoms with van der Waals surface area (Å²) in [7, 11) is 0. The molecule has 0 saturated heterocycles. The second-order valence-electron chi connectivity index (χ2n) is 8.32. The number of aliphatic hydroxyl groups is 1. The van der Waals surface area contributed by atoms with Crippen LogP contribution in [-0.4, -0.2) is 23.4 Å². The van der Waals surface area contributed by atoms with E-state index in [1.54, 1.807) is 16.7 Å². The summed E-state index contributed by atoms with van der Waals surface area (Å²) in [6, 6.07) is 12.2. The number of H-pyrrole nitrogens is 1. The monoisotopic (exact) mass is 485 g/mol. The third-order valence-electron chi connectivity index (χ3n) is 6.08. The highest BCUT2D eigenvalue weighted by atomic mass is 32.2. The zero-order chi connectivity index (χ0) is 24.0. The predicted octanol–water partition coefficient (Wildman–Crippen LogP) is 3.92. The van der Waals surface area contributed by atoms with Gasteiger partial charge < -0.3 is 14.7 Å². The molecule has 2 unspecified atom stereocenters. The van der Waals surface area contributed by atoms with Gasteiger partial charge in [0.15, 0.2) is 6.23 Å². The Kier molecular flexibility index (Phi) is 5.90. The van der Waals surface area contributed by atoms with Crippen LogP contribution in [0.15, 0.2) is 59.5 Å². The Balaban J connectivity index is 1.82. The van der Waals surface area contributed by atoms with Gasteiger partial charge in [0.05, 0.1) is 12.2 Å². The van der Waals surface area contributed by atoms with E-state index in [1.807, 2.05) is 18.2 Å². The summed E-state index contributed by atoms with van der Waals surface area (Å²) in [4.78, 5) is 15.4. The minimum atomic E-state index is -2.57. The maximum Gasteiger partial charge on any atom is 0.255 e. The lowest BCUT2D eigenvalue weighted by Gasteiger charge is -2.17. The molecule has 0 radical (unpaired) electrons. The van der Waals surface area contributed by atoms with Crippen LogP contribution < -0.4 is 10.3 Å². The Morgan fingerprint density at radius 2 is 1.97 bits per heavy atom. The van der Waals surface area contributed by atoms with Crippen molar-refractivity contribution < 1.29 is 22.6 Å². The normalized spacial score (nSPS) is 15.5. The molecule has 2 aromatic carbocycles. The largest absolute Gasteiger partial charge is 0.372 e. The van der Waals surface area contributed by atoms with Gasteiger partial charge in [-0.1, -0.05) is 12.1 Å². The number of hydrogen-bond acceptors (Lipinski definition) is 3. The van der Waals surface area contributed by atoms with Gasteiger partial charge in [0.1, 0.15) is 11.6 Å². The summed E-state index contributed by atoms with van der Waals surface area (Å²) in [5.74, 6) is -1.09. The van der Waals surface area contributed by atoms with Crippen LogP contribution >= 0.6 is 0 Å². The van der Waals surface area contributed by atoms with Crippen LogP contribution in [0.2, 0.25) is 0 Å². The van der Waals surface area contributed by atoms with E-state index in [-0.39, 0.29) is 23.4 Å². The number of aromatic nitrogens is 2. The fourth-order valence-electron chi connectivity index (χ4n) is 4.39. The van der Waals surface area contributed by atoms with Gasteiger partial charge in [-0.15, -0.1) is 0 Å². The first kappa shape index (κ1) is 22.6. The SMILES string of the molecule is O=c1[nH]cccc1-c1c(C(O)NS(=O)O)n(Cc2ccc(F)cc2F)c2ccc(C3CC3)cc12. The van der Waals surface area contributed by atoms with Crippen LogP contribution in [-0.2, 0) is 17.8 Å². The second-order valence-corrected chi connectivity index (χ2v) is 9.05. The first-order valence-electron chi connectivity index (χ1n) is 10.7. The zero-order valence-corrected chi connectivity index (χ0v) is 18.6. The van der Waals surface area contributed by atoms with E-state index in [0.717, 1.165) is 30.5 Å². The average Bonchev–Trinajstić information content (AvgIpc) is 3.59. The topological polar surface area (TPSA) is 107 Å². The molecule has 1 saturated carbocycles. The first-order valence-corrected chi connectivity index (χ1v) is 11.8. The molecule has 34 heavy (non-hydrogen) atoms. The van der Waals surface area contributed by atoms with Gasteiger partial charge in [0.25, 0.3) is 5.56 Å². The van der Waals surface area contributed by atoms with Crippen LogP contribution in [0.5, 0.6) is 0 Å². The molecular weight excluding hydrogens is 464 g/mol. The maximum atomic E-state index is 14.6. The maximum absolute atomic E-state index is 14.6. The third-order valence-corrected chi connectivity index (χ3v) is 6.50. The highest BCUT2D eigenvalue weighted by Gasteiger charge is 2.29. The molecular formula is C24H21F2N3O4S. The number of hydrogen-bond donors (Lipinski definition) is 4. The molecule has 0 amide bonds. The number of pyridine rings is 1. The van der Waals surface area contributed by atoms with E-state index in [2.05, 4.69) is 9.71 Å². The van der Waals surface area contributed by atoms with Crippen molar-refractivity contribution >= 4 is 22.2 Å². The van der Waals surface area contributed by atoms with Gasteiger partial charge in [-0.2, -0.15) is 4.72 Å². The summed E-state index contributed by atoms with van der Waals surface area (Å²) in [5.41, 5.74) is 2.13. The molecule has 5 rings (SSSR count). The molecule has 1 aliphatic rings. The molecule has 0 aliphatic heterocycles. The number of aliphatic hydroxyl groups excluding tert-OH is 1. The van der Waals surface area contributed by atoms with Gasteiger partial charge >= 0.3 is 0 Å². The average molecular weight is 486 g/mol. The quantitative estimate of drug-likeness (QED) is 0.235. The van der Waals surface area contributed by atoms with Crippen molar-refractivity contribution in [2.75, 3.05) is 0 Å². The Labute approximate surface area is 195 Å². The van der Waals surface area contributed by atoms with E-state index in [4.69, 9.17) is 0 Å². The number of aromatic amines is 1. The molecule has 2 atom stereocenters. The molecule has 1 fully saturated rings. The standard InChI is InChI=1S/C24H21F2N3O4S/c25-16-7-5-15(19(26)11-16)12-29-20-8-6-14(13-3-4-13)10-18(20)21(17-2-1-9-27-23(17)30)22(29)24(31)28-34(32)33/h1-2,5-11,13,24,28,31H,3-4,12H2,(H,27,30)(H,32,33). The van der Waals surface area contributed by atoms with Crippen molar-refractivity contribution in [1.82, 2.24) is 14.3 Å². The minimum absolute atomic E-state index is 0.109.